The van der Waals surface area contributed by atoms with Crippen LogP contribution in [0.3, 0.4) is 0 Å². The van der Waals surface area contributed by atoms with Crippen molar-refractivity contribution in [1.82, 2.24) is 4.72 Å². The van der Waals surface area contributed by atoms with Gasteiger partial charge in [-0.25, -0.2) is 13.1 Å². The van der Waals surface area contributed by atoms with Gasteiger partial charge in [-0.2, -0.15) is 0 Å². The summed E-state index contributed by atoms with van der Waals surface area (Å²) in [6.07, 6.45) is 2.21. The minimum absolute atomic E-state index is 0.0262. The predicted octanol–water partition coefficient (Wildman–Crippen LogP) is 5.50. The zero-order valence-corrected chi connectivity index (χ0v) is 19.3. The molecule has 0 radical (unpaired) electrons. The molecule has 28 heavy (non-hydrogen) atoms. The highest BCUT2D eigenvalue weighted by atomic mass is 35.5. The average Bonchev–Trinajstić information content (AvgIpc) is 2.59. The predicted molar refractivity (Wildman–Crippen MR) is 115 cm³/mol. The van der Waals surface area contributed by atoms with E-state index in [0.29, 0.717) is 10.8 Å². The zero-order valence-electron chi connectivity index (χ0n) is 16.0. The molecule has 0 aliphatic rings. The van der Waals surface area contributed by atoms with Gasteiger partial charge in [0.15, 0.2) is 0 Å². The number of rotatable bonds is 8. The number of unbranched alkanes of at least 4 members (excludes halogenated alkanes) is 1. The largest absolute Gasteiger partial charge is 0.544 e. The van der Waals surface area contributed by atoms with E-state index in [9.17, 15) is 13.2 Å². The molecule has 2 aromatic rings. The highest BCUT2D eigenvalue weighted by Gasteiger charge is 2.24. The number of sulfonamides is 1. The third-order valence-corrected chi connectivity index (χ3v) is 8.30. The van der Waals surface area contributed by atoms with Crippen molar-refractivity contribution in [3.8, 4) is 5.75 Å². The van der Waals surface area contributed by atoms with E-state index in [1.807, 2.05) is 4.72 Å². The van der Waals surface area contributed by atoms with Gasteiger partial charge in [0.25, 0.3) is 15.9 Å². The Morgan fingerprint density at radius 2 is 1.75 bits per heavy atom. The van der Waals surface area contributed by atoms with Crippen LogP contribution in [0.5, 0.6) is 5.75 Å². The fraction of sp³-hybridized carbons (Fsp3) is 0.316. The first-order valence-electron chi connectivity index (χ1n) is 8.85. The van der Waals surface area contributed by atoms with Crippen LogP contribution in [-0.4, -0.2) is 22.6 Å². The van der Waals surface area contributed by atoms with Crippen molar-refractivity contribution in [3.63, 3.8) is 0 Å². The molecule has 5 nitrogen and oxygen atoms in total. The number of hydrogen-bond donors (Lipinski definition) is 1. The zero-order chi connectivity index (χ0) is 20.9. The summed E-state index contributed by atoms with van der Waals surface area (Å²) in [4.78, 5) is 12.2. The van der Waals surface area contributed by atoms with Crippen LogP contribution in [0.4, 0.5) is 0 Å². The first-order chi connectivity index (χ1) is 13.0. The van der Waals surface area contributed by atoms with Crippen molar-refractivity contribution in [2.45, 2.75) is 43.8 Å². The van der Waals surface area contributed by atoms with Crippen molar-refractivity contribution < 1.29 is 17.6 Å². The first kappa shape index (κ1) is 22.7. The molecule has 1 amide bonds. The Hall–Kier alpha value is -1.54. The second-order valence-electron chi connectivity index (χ2n) is 7.00. The summed E-state index contributed by atoms with van der Waals surface area (Å²) in [6, 6.07) is 11.3. The van der Waals surface area contributed by atoms with Crippen LogP contribution in [0.1, 0.15) is 30.1 Å². The molecule has 152 valence electrons. The van der Waals surface area contributed by atoms with Crippen LogP contribution < -0.4 is 9.15 Å². The molecule has 9 heteroatoms. The molecular formula is C19H23Cl2NO4SSi. The van der Waals surface area contributed by atoms with Gasteiger partial charge in [0.1, 0.15) is 5.75 Å². The third-order valence-electron chi connectivity index (χ3n) is 4.06. The highest BCUT2D eigenvalue weighted by molar-refractivity contribution is 7.90. The monoisotopic (exact) mass is 459 g/mol. The molecule has 0 bridgehead atoms. The molecule has 0 aliphatic heterocycles. The molecule has 0 unspecified atom stereocenters. The highest BCUT2D eigenvalue weighted by Crippen LogP contribution is 2.24. The van der Waals surface area contributed by atoms with E-state index in [4.69, 9.17) is 27.6 Å². The van der Waals surface area contributed by atoms with E-state index in [1.54, 1.807) is 12.1 Å². The summed E-state index contributed by atoms with van der Waals surface area (Å²) in [6.45, 7) is 6.39. The van der Waals surface area contributed by atoms with Gasteiger partial charge in [-0.15, -0.1) is 0 Å². The number of hydrogen-bond acceptors (Lipinski definition) is 4. The number of amides is 1. The topological polar surface area (TPSA) is 72.5 Å². The quantitative estimate of drug-likeness (QED) is 0.529. The third kappa shape index (κ3) is 6.24. The number of benzene rings is 2. The minimum Gasteiger partial charge on any atom is -0.544 e. The lowest BCUT2D eigenvalue weighted by Crippen LogP contribution is -2.34. The molecule has 2 rings (SSSR count). The standard InChI is InChI=1S/C19H23Cl2NO4SSi/c1-4-5-12-28(2,3)26-15-7-9-16(10-8-15)27(24,25)22-19(23)17-11-6-14(20)13-18(17)21/h6-11,13H,4-5,12H2,1-3H3,(H,22,23). The lowest BCUT2D eigenvalue weighted by Gasteiger charge is -2.24. The van der Waals surface area contributed by atoms with Crippen LogP contribution in [0.25, 0.3) is 0 Å². The molecule has 0 aliphatic carbocycles. The van der Waals surface area contributed by atoms with Crippen LogP contribution in [0, 0.1) is 0 Å². The van der Waals surface area contributed by atoms with E-state index >= 15 is 0 Å². The Labute approximate surface area is 177 Å². The van der Waals surface area contributed by atoms with E-state index in [1.165, 1.54) is 30.3 Å². The second-order valence-corrected chi connectivity index (χ2v) is 13.7. The molecule has 0 saturated carbocycles. The smallest absolute Gasteiger partial charge is 0.266 e. The lowest BCUT2D eigenvalue weighted by molar-refractivity contribution is 0.0981. The van der Waals surface area contributed by atoms with Gasteiger partial charge in [-0.1, -0.05) is 43.0 Å². The summed E-state index contributed by atoms with van der Waals surface area (Å²) in [7, 11) is -5.90. The summed E-state index contributed by atoms with van der Waals surface area (Å²) in [5.41, 5.74) is 0.0262. The van der Waals surface area contributed by atoms with E-state index in [2.05, 4.69) is 20.0 Å². The number of carbonyl (C=O) groups is 1. The Kier molecular flexibility index (Phi) is 7.56. The SMILES string of the molecule is CCCC[Si](C)(C)Oc1ccc(S(=O)(=O)NC(=O)c2ccc(Cl)cc2Cl)cc1. The molecule has 0 atom stereocenters. The summed E-state index contributed by atoms with van der Waals surface area (Å²) >= 11 is 11.8. The van der Waals surface area contributed by atoms with Crippen LogP contribution in [0.2, 0.25) is 29.2 Å². The van der Waals surface area contributed by atoms with Gasteiger partial charge in [-0.3, -0.25) is 4.79 Å². The molecule has 0 fully saturated rings. The van der Waals surface area contributed by atoms with Gasteiger partial charge < -0.3 is 4.43 Å². The minimum atomic E-state index is -4.04. The Morgan fingerprint density at radius 3 is 2.32 bits per heavy atom. The summed E-state index contributed by atoms with van der Waals surface area (Å²) in [5.74, 6) is -0.200. The van der Waals surface area contributed by atoms with Crippen molar-refractivity contribution in [2.75, 3.05) is 0 Å². The molecule has 0 spiro atoms. The van der Waals surface area contributed by atoms with Crippen LogP contribution in [-0.2, 0) is 10.0 Å². The fourth-order valence-corrected chi connectivity index (χ4v) is 6.11. The van der Waals surface area contributed by atoms with Gasteiger partial charge >= 0.3 is 0 Å². The summed E-state index contributed by atoms with van der Waals surface area (Å²) in [5, 5.41) is 0.425. The molecule has 0 saturated heterocycles. The van der Waals surface area contributed by atoms with Crippen molar-refractivity contribution in [1.29, 1.82) is 0 Å². The van der Waals surface area contributed by atoms with Gasteiger partial charge in [-0.05, 0) is 61.6 Å². The Bertz CT molecular complexity index is 947. The normalized spacial score (nSPS) is 11.9. The molecular weight excluding hydrogens is 437 g/mol. The molecule has 1 N–H and O–H groups in total. The molecule has 0 heterocycles. The van der Waals surface area contributed by atoms with E-state index in [-0.39, 0.29) is 15.5 Å². The van der Waals surface area contributed by atoms with Gasteiger partial charge in [0, 0.05) is 5.02 Å². The lowest BCUT2D eigenvalue weighted by atomic mass is 10.2. The second kappa shape index (κ2) is 9.30. The van der Waals surface area contributed by atoms with Gasteiger partial charge in [0.2, 0.25) is 8.32 Å². The van der Waals surface area contributed by atoms with Crippen molar-refractivity contribution in [3.05, 3.63) is 58.1 Å². The van der Waals surface area contributed by atoms with E-state index < -0.39 is 24.2 Å². The van der Waals surface area contributed by atoms with Crippen molar-refractivity contribution in [2.24, 2.45) is 0 Å². The maximum atomic E-state index is 12.5. The number of carbonyl (C=O) groups excluding carboxylic acids is 1. The fourth-order valence-electron chi connectivity index (χ4n) is 2.57. The van der Waals surface area contributed by atoms with Gasteiger partial charge in [0.05, 0.1) is 15.5 Å². The number of halogens is 2. The van der Waals surface area contributed by atoms with Crippen LogP contribution >= 0.6 is 23.2 Å². The molecule has 0 aromatic heterocycles. The summed E-state index contributed by atoms with van der Waals surface area (Å²) < 4.78 is 33.1. The molecule has 2 aromatic carbocycles. The average molecular weight is 460 g/mol. The Balaban J connectivity index is 2.12. The first-order valence-corrected chi connectivity index (χ1v) is 14.2. The van der Waals surface area contributed by atoms with Crippen LogP contribution in [0.15, 0.2) is 47.4 Å². The van der Waals surface area contributed by atoms with E-state index in [0.717, 1.165) is 18.9 Å². The van der Waals surface area contributed by atoms with Crippen molar-refractivity contribution >= 4 is 47.4 Å². The number of nitrogens with one attached hydrogen (secondary N) is 1. The maximum Gasteiger partial charge on any atom is 0.266 e. The maximum absolute atomic E-state index is 12.5. The Morgan fingerprint density at radius 1 is 1.11 bits per heavy atom.